The fourth-order valence-electron chi connectivity index (χ4n) is 3.80. The van der Waals surface area contributed by atoms with Crippen molar-refractivity contribution >= 4 is 5.91 Å². The normalized spacial score (nSPS) is 26.1. The molecule has 0 aromatic carbocycles. The van der Waals surface area contributed by atoms with Crippen LogP contribution in [0.4, 0.5) is 0 Å². The Kier molecular flexibility index (Phi) is 6.66. The summed E-state index contributed by atoms with van der Waals surface area (Å²) in [6.45, 7) is 9.30. The standard InChI is InChI=1S/C17H33N3O2/c1-3-15-14-20(11-10-19(15)12-13-22-4-2)16(21)17(18)8-6-5-7-9-17/h15H,3-14,18H2,1-2H3. The van der Waals surface area contributed by atoms with Crippen LogP contribution in [-0.2, 0) is 9.53 Å². The minimum Gasteiger partial charge on any atom is -0.380 e. The zero-order chi connectivity index (χ0) is 16.0. The molecular formula is C17H33N3O2. The largest absolute Gasteiger partial charge is 0.380 e. The fourth-order valence-corrected chi connectivity index (χ4v) is 3.80. The second-order valence-electron chi connectivity index (χ2n) is 6.76. The second kappa shape index (κ2) is 8.27. The van der Waals surface area contributed by atoms with E-state index in [0.717, 1.165) is 71.5 Å². The van der Waals surface area contributed by atoms with E-state index in [4.69, 9.17) is 10.5 Å². The first-order valence-corrected chi connectivity index (χ1v) is 9.00. The molecule has 2 rings (SSSR count). The molecule has 1 saturated carbocycles. The molecule has 128 valence electrons. The number of nitrogens with two attached hydrogens (primary N) is 1. The van der Waals surface area contributed by atoms with Crippen molar-refractivity contribution in [3.05, 3.63) is 0 Å². The van der Waals surface area contributed by atoms with Gasteiger partial charge in [-0.3, -0.25) is 9.69 Å². The summed E-state index contributed by atoms with van der Waals surface area (Å²) in [4.78, 5) is 17.3. The Balaban J connectivity index is 1.90. The van der Waals surface area contributed by atoms with Crippen LogP contribution in [0.5, 0.6) is 0 Å². The topological polar surface area (TPSA) is 58.8 Å². The molecule has 1 heterocycles. The van der Waals surface area contributed by atoms with Gasteiger partial charge in [-0.15, -0.1) is 0 Å². The molecule has 0 aromatic heterocycles. The predicted octanol–water partition coefficient (Wildman–Crippen LogP) is 1.61. The SMILES string of the molecule is CCOCCN1CCN(C(=O)C2(N)CCCCC2)CC1CC. The van der Waals surface area contributed by atoms with Crippen molar-refractivity contribution in [3.63, 3.8) is 0 Å². The lowest BCUT2D eigenvalue weighted by molar-refractivity contribution is -0.141. The quantitative estimate of drug-likeness (QED) is 0.757. The number of hydrogen-bond acceptors (Lipinski definition) is 4. The van der Waals surface area contributed by atoms with E-state index in [9.17, 15) is 4.79 Å². The number of carbonyl (C=O) groups excluding carboxylic acids is 1. The number of nitrogens with zero attached hydrogens (tertiary/aromatic N) is 2. The van der Waals surface area contributed by atoms with Crippen LogP contribution in [-0.4, -0.2) is 66.7 Å². The number of hydrogen-bond donors (Lipinski definition) is 1. The van der Waals surface area contributed by atoms with Crippen molar-refractivity contribution in [2.45, 2.75) is 64.0 Å². The first-order valence-electron chi connectivity index (χ1n) is 9.00. The highest BCUT2D eigenvalue weighted by atomic mass is 16.5. The van der Waals surface area contributed by atoms with Gasteiger partial charge in [-0.2, -0.15) is 0 Å². The highest BCUT2D eigenvalue weighted by molar-refractivity contribution is 5.86. The lowest BCUT2D eigenvalue weighted by Gasteiger charge is -2.44. The number of amides is 1. The minimum absolute atomic E-state index is 0.190. The molecule has 5 heteroatoms. The maximum absolute atomic E-state index is 12.9. The van der Waals surface area contributed by atoms with Gasteiger partial charge in [0, 0.05) is 38.8 Å². The summed E-state index contributed by atoms with van der Waals surface area (Å²) >= 11 is 0. The molecule has 0 radical (unpaired) electrons. The Morgan fingerprint density at radius 2 is 1.95 bits per heavy atom. The summed E-state index contributed by atoms with van der Waals surface area (Å²) in [5, 5.41) is 0. The highest BCUT2D eigenvalue weighted by Crippen LogP contribution is 2.28. The van der Waals surface area contributed by atoms with Crippen molar-refractivity contribution in [3.8, 4) is 0 Å². The lowest BCUT2D eigenvalue weighted by Crippen LogP contribution is -2.62. The maximum atomic E-state index is 12.9. The van der Waals surface area contributed by atoms with Crippen LogP contribution in [0.2, 0.25) is 0 Å². The highest BCUT2D eigenvalue weighted by Gasteiger charge is 2.40. The van der Waals surface area contributed by atoms with Crippen LogP contribution in [0.15, 0.2) is 0 Å². The van der Waals surface area contributed by atoms with E-state index >= 15 is 0 Å². The molecule has 1 unspecified atom stereocenters. The van der Waals surface area contributed by atoms with E-state index < -0.39 is 5.54 Å². The summed E-state index contributed by atoms with van der Waals surface area (Å²) in [6.07, 6.45) is 6.17. The number of carbonyl (C=O) groups is 1. The van der Waals surface area contributed by atoms with Gasteiger partial charge in [0.25, 0.3) is 0 Å². The molecule has 2 fully saturated rings. The maximum Gasteiger partial charge on any atom is 0.242 e. The smallest absolute Gasteiger partial charge is 0.242 e. The Morgan fingerprint density at radius 1 is 1.23 bits per heavy atom. The lowest BCUT2D eigenvalue weighted by atomic mass is 9.81. The van der Waals surface area contributed by atoms with Gasteiger partial charge < -0.3 is 15.4 Å². The zero-order valence-electron chi connectivity index (χ0n) is 14.4. The summed E-state index contributed by atoms with van der Waals surface area (Å²) in [5.41, 5.74) is 5.84. The molecule has 2 N–H and O–H groups in total. The molecule has 5 nitrogen and oxygen atoms in total. The first kappa shape index (κ1) is 17.7. The molecule has 22 heavy (non-hydrogen) atoms. The molecule has 1 aliphatic heterocycles. The van der Waals surface area contributed by atoms with E-state index in [2.05, 4.69) is 11.8 Å². The van der Waals surface area contributed by atoms with Crippen LogP contribution in [0.1, 0.15) is 52.4 Å². The summed E-state index contributed by atoms with van der Waals surface area (Å²) < 4.78 is 5.47. The summed E-state index contributed by atoms with van der Waals surface area (Å²) in [6, 6.07) is 0.436. The second-order valence-corrected chi connectivity index (χ2v) is 6.76. The van der Waals surface area contributed by atoms with Crippen molar-refractivity contribution in [1.29, 1.82) is 0 Å². The van der Waals surface area contributed by atoms with Crippen LogP contribution in [0, 0.1) is 0 Å². The van der Waals surface area contributed by atoms with Gasteiger partial charge in [0.1, 0.15) is 0 Å². The van der Waals surface area contributed by atoms with Crippen LogP contribution in [0.3, 0.4) is 0 Å². The van der Waals surface area contributed by atoms with E-state index in [1.807, 2.05) is 11.8 Å². The first-order chi connectivity index (χ1) is 10.6. The summed E-state index contributed by atoms with van der Waals surface area (Å²) in [7, 11) is 0. The summed E-state index contributed by atoms with van der Waals surface area (Å²) in [5.74, 6) is 0.190. The minimum atomic E-state index is -0.593. The number of piperazine rings is 1. The van der Waals surface area contributed by atoms with Crippen molar-refractivity contribution in [2.75, 3.05) is 39.4 Å². The molecular weight excluding hydrogens is 278 g/mol. The van der Waals surface area contributed by atoms with Crippen LogP contribution < -0.4 is 5.73 Å². The van der Waals surface area contributed by atoms with Gasteiger partial charge in [0.15, 0.2) is 0 Å². The molecule has 0 bridgehead atoms. The van der Waals surface area contributed by atoms with Crippen molar-refractivity contribution in [1.82, 2.24) is 9.80 Å². The molecule has 1 aliphatic carbocycles. The van der Waals surface area contributed by atoms with E-state index in [0.29, 0.717) is 6.04 Å². The Labute approximate surface area is 135 Å². The third-order valence-corrected chi connectivity index (χ3v) is 5.26. The Bertz CT molecular complexity index is 356. The van der Waals surface area contributed by atoms with Crippen molar-refractivity contribution in [2.24, 2.45) is 5.73 Å². The predicted molar refractivity (Wildman–Crippen MR) is 88.7 cm³/mol. The molecule has 0 spiro atoms. The molecule has 2 aliphatic rings. The molecule has 1 atom stereocenters. The van der Waals surface area contributed by atoms with E-state index in [1.54, 1.807) is 0 Å². The van der Waals surface area contributed by atoms with Crippen LogP contribution in [0.25, 0.3) is 0 Å². The average molecular weight is 311 g/mol. The monoisotopic (exact) mass is 311 g/mol. The van der Waals surface area contributed by atoms with Gasteiger partial charge in [-0.1, -0.05) is 26.2 Å². The van der Waals surface area contributed by atoms with Crippen LogP contribution >= 0.6 is 0 Å². The molecule has 0 aromatic rings. The Morgan fingerprint density at radius 3 is 2.59 bits per heavy atom. The fraction of sp³-hybridized carbons (Fsp3) is 0.941. The molecule has 1 amide bonds. The van der Waals surface area contributed by atoms with Gasteiger partial charge in [0.05, 0.1) is 12.1 Å². The van der Waals surface area contributed by atoms with E-state index in [-0.39, 0.29) is 5.91 Å². The third kappa shape index (κ3) is 4.21. The average Bonchev–Trinajstić information content (AvgIpc) is 2.55. The number of rotatable bonds is 6. The van der Waals surface area contributed by atoms with Gasteiger partial charge in [-0.05, 0) is 26.2 Å². The van der Waals surface area contributed by atoms with Gasteiger partial charge in [-0.25, -0.2) is 0 Å². The Hall–Kier alpha value is -0.650. The van der Waals surface area contributed by atoms with E-state index in [1.165, 1.54) is 6.42 Å². The van der Waals surface area contributed by atoms with Gasteiger partial charge >= 0.3 is 0 Å². The van der Waals surface area contributed by atoms with Crippen molar-refractivity contribution < 1.29 is 9.53 Å². The van der Waals surface area contributed by atoms with Gasteiger partial charge in [0.2, 0.25) is 5.91 Å². The number of ether oxygens (including phenoxy) is 1. The zero-order valence-corrected chi connectivity index (χ0v) is 14.4. The molecule has 1 saturated heterocycles. The third-order valence-electron chi connectivity index (χ3n) is 5.26.